The van der Waals surface area contributed by atoms with Crippen LogP contribution in [0.3, 0.4) is 0 Å². The molecule has 1 aromatic rings. The highest BCUT2D eigenvalue weighted by Crippen LogP contribution is 2.34. The van der Waals surface area contributed by atoms with Crippen molar-refractivity contribution in [2.45, 2.75) is 0 Å². The molecule has 20 heavy (non-hydrogen) atoms. The van der Waals surface area contributed by atoms with E-state index in [4.69, 9.17) is 9.47 Å². The van der Waals surface area contributed by atoms with Crippen LogP contribution in [0.25, 0.3) is 0 Å². The zero-order valence-corrected chi connectivity index (χ0v) is 11.0. The molecule has 0 aliphatic carbocycles. The van der Waals surface area contributed by atoms with Crippen molar-refractivity contribution in [2.75, 3.05) is 26.3 Å². The minimum atomic E-state index is -0.687. The molecule has 7 heteroatoms. The third-order valence-corrected chi connectivity index (χ3v) is 2.52. The number of esters is 2. The van der Waals surface area contributed by atoms with Gasteiger partial charge < -0.3 is 24.3 Å². The standard InChI is InChI=1S/C13H13NO6/c1-17-12(15)6-9(13(16)18-2)14-8-3-4-10-11(5-8)20-7-19-10/h3-6,14H,7H2,1-2H3. The van der Waals surface area contributed by atoms with Crippen molar-refractivity contribution in [1.82, 2.24) is 0 Å². The third kappa shape index (κ3) is 3.00. The Kier molecular flexibility index (Phi) is 4.09. The van der Waals surface area contributed by atoms with Crippen LogP contribution in [0, 0.1) is 0 Å². The number of hydrogen-bond acceptors (Lipinski definition) is 7. The Balaban J connectivity index is 2.21. The Bertz CT molecular complexity index is 566. The Labute approximate surface area is 115 Å². The summed E-state index contributed by atoms with van der Waals surface area (Å²) < 4.78 is 19.5. The summed E-state index contributed by atoms with van der Waals surface area (Å²) in [5.74, 6) is -0.184. The van der Waals surface area contributed by atoms with Gasteiger partial charge in [0.25, 0.3) is 0 Å². The lowest BCUT2D eigenvalue weighted by atomic mass is 10.2. The number of fused-ring (bicyclic) bond motifs is 1. The molecule has 1 N–H and O–H groups in total. The number of hydrogen-bond donors (Lipinski definition) is 1. The molecule has 0 atom stereocenters. The van der Waals surface area contributed by atoms with Gasteiger partial charge in [0.1, 0.15) is 5.70 Å². The Morgan fingerprint density at radius 1 is 1.20 bits per heavy atom. The van der Waals surface area contributed by atoms with E-state index in [1.54, 1.807) is 18.2 Å². The van der Waals surface area contributed by atoms with Crippen LogP contribution in [-0.4, -0.2) is 33.0 Å². The molecule has 1 heterocycles. The van der Waals surface area contributed by atoms with Gasteiger partial charge in [0.2, 0.25) is 6.79 Å². The molecular formula is C13H13NO6. The summed E-state index contributed by atoms with van der Waals surface area (Å²) in [6.45, 7) is 0.153. The molecule has 0 saturated heterocycles. The van der Waals surface area contributed by atoms with Crippen LogP contribution in [0.1, 0.15) is 0 Å². The SMILES string of the molecule is COC(=O)C=C(Nc1ccc2c(c1)OCO2)C(=O)OC. The number of anilines is 1. The van der Waals surface area contributed by atoms with Gasteiger partial charge in [0.15, 0.2) is 11.5 Å². The van der Waals surface area contributed by atoms with Gasteiger partial charge in [-0.2, -0.15) is 0 Å². The largest absolute Gasteiger partial charge is 0.466 e. The lowest BCUT2D eigenvalue weighted by Crippen LogP contribution is -2.15. The van der Waals surface area contributed by atoms with E-state index in [0.29, 0.717) is 17.2 Å². The summed E-state index contributed by atoms with van der Waals surface area (Å²) in [5, 5.41) is 2.77. The second-order valence-electron chi connectivity index (χ2n) is 3.77. The minimum absolute atomic E-state index is 0.0433. The molecule has 0 saturated carbocycles. The molecular weight excluding hydrogens is 266 g/mol. The molecule has 0 unspecified atom stereocenters. The fourth-order valence-corrected chi connectivity index (χ4v) is 1.56. The van der Waals surface area contributed by atoms with Crippen molar-refractivity contribution in [3.63, 3.8) is 0 Å². The number of methoxy groups -OCH3 is 2. The second kappa shape index (κ2) is 5.96. The first-order valence-electron chi connectivity index (χ1n) is 5.68. The van der Waals surface area contributed by atoms with E-state index in [1.807, 2.05) is 0 Å². The van der Waals surface area contributed by atoms with Gasteiger partial charge in [0, 0.05) is 11.8 Å². The number of ether oxygens (including phenoxy) is 4. The maximum Gasteiger partial charge on any atom is 0.354 e. The molecule has 0 amide bonds. The highest BCUT2D eigenvalue weighted by Gasteiger charge is 2.16. The van der Waals surface area contributed by atoms with Crippen LogP contribution in [0.4, 0.5) is 5.69 Å². The van der Waals surface area contributed by atoms with Crippen molar-refractivity contribution in [2.24, 2.45) is 0 Å². The molecule has 1 aromatic carbocycles. The van der Waals surface area contributed by atoms with Gasteiger partial charge in [-0.05, 0) is 12.1 Å². The highest BCUT2D eigenvalue weighted by molar-refractivity contribution is 5.98. The van der Waals surface area contributed by atoms with Crippen molar-refractivity contribution >= 4 is 17.6 Å². The van der Waals surface area contributed by atoms with E-state index < -0.39 is 11.9 Å². The zero-order chi connectivity index (χ0) is 14.5. The van der Waals surface area contributed by atoms with Crippen LogP contribution in [0.2, 0.25) is 0 Å². The number of nitrogens with one attached hydrogen (secondary N) is 1. The normalized spacial score (nSPS) is 12.8. The average Bonchev–Trinajstić information content (AvgIpc) is 2.93. The van der Waals surface area contributed by atoms with Gasteiger partial charge in [-0.3, -0.25) is 0 Å². The molecule has 0 fully saturated rings. The summed E-state index contributed by atoms with van der Waals surface area (Å²) in [7, 11) is 2.43. The first kappa shape index (κ1) is 13.7. The molecule has 1 aliphatic rings. The second-order valence-corrected chi connectivity index (χ2v) is 3.77. The number of carbonyl (C=O) groups is 2. The average molecular weight is 279 g/mol. The van der Waals surface area contributed by atoms with Gasteiger partial charge in [0.05, 0.1) is 20.3 Å². The molecule has 7 nitrogen and oxygen atoms in total. The van der Waals surface area contributed by atoms with E-state index in [9.17, 15) is 9.59 Å². The molecule has 0 spiro atoms. The smallest absolute Gasteiger partial charge is 0.354 e. The molecule has 0 aromatic heterocycles. The summed E-state index contributed by atoms with van der Waals surface area (Å²) in [6, 6.07) is 5.02. The molecule has 106 valence electrons. The lowest BCUT2D eigenvalue weighted by molar-refractivity contribution is -0.138. The first-order chi connectivity index (χ1) is 9.63. The van der Waals surface area contributed by atoms with Crippen LogP contribution in [0.15, 0.2) is 30.0 Å². The minimum Gasteiger partial charge on any atom is -0.466 e. The Morgan fingerprint density at radius 3 is 2.65 bits per heavy atom. The van der Waals surface area contributed by atoms with Crippen LogP contribution < -0.4 is 14.8 Å². The molecule has 0 radical (unpaired) electrons. The quantitative estimate of drug-likeness (QED) is 0.651. The lowest BCUT2D eigenvalue weighted by Gasteiger charge is -2.09. The first-order valence-corrected chi connectivity index (χ1v) is 5.68. The van der Waals surface area contributed by atoms with Crippen LogP contribution >= 0.6 is 0 Å². The highest BCUT2D eigenvalue weighted by atomic mass is 16.7. The van der Waals surface area contributed by atoms with E-state index in [2.05, 4.69) is 14.8 Å². The molecule has 0 bridgehead atoms. The van der Waals surface area contributed by atoms with Crippen molar-refractivity contribution in [1.29, 1.82) is 0 Å². The summed E-state index contributed by atoms with van der Waals surface area (Å²) in [4.78, 5) is 22.8. The van der Waals surface area contributed by atoms with E-state index >= 15 is 0 Å². The summed E-state index contributed by atoms with van der Waals surface area (Å²) >= 11 is 0. The summed E-state index contributed by atoms with van der Waals surface area (Å²) in [5.41, 5.74) is 0.507. The Hall–Kier alpha value is -2.70. The van der Waals surface area contributed by atoms with Crippen molar-refractivity contribution in [3.05, 3.63) is 30.0 Å². The monoisotopic (exact) mass is 279 g/mol. The number of benzene rings is 1. The fraction of sp³-hybridized carbons (Fsp3) is 0.231. The zero-order valence-electron chi connectivity index (χ0n) is 11.0. The molecule has 1 aliphatic heterocycles. The van der Waals surface area contributed by atoms with Crippen molar-refractivity contribution < 1.29 is 28.5 Å². The Morgan fingerprint density at radius 2 is 1.95 bits per heavy atom. The van der Waals surface area contributed by atoms with Gasteiger partial charge in [-0.15, -0.1) is 0 Å². The van der Waals surface area contributed by atoms with Crippen LogP contribution in [0.5, 0.6) is 11.5 Å². The van der Waals surface area contributed by atoms with Gasteiger partial charge in [-0.1, -0.05) is 0 Å². The maximum atomic E-state index is 11.6. The van der Waals surface area contributed by atoms with E-state index in [1.165, 1.54) is 14.2 Å². The molecule has 2 rings (SSSR count). The predicted molar refractivity (Wildman–Crippen MR) is 68.3 cm³/mol. The van der Waals surface area contributed by atoms with Gasteiger partial charge >= 0.3 is 11.9 Å². The maximum absolute atomic E-state index is 11.6. The summed E-state index contributed by atoms with van der Waals surface area (Å²) in [6.07, 6.45) is 1.01. The van der Waals surface area contributed by atoms with Gasteiger partial charge in [-0.25, -0.2) is 9.59 Å². The fourth-order valence-electron chi connectivity index (χ4n) is 1.56. The number of carbonyl (C=O) groups excluding carboxylic acids is 2. The predicted octanol–water partition coefficient (Wildman–Crippen LogP) is 1.06. The van der Waals surface area contributed by atoms with Crippen LogP contribution in [-0.2, 0) is 19.1 Å². The number of rotatable bonds is 4. The van der Waals surface area contributed by atoms with E-state index in [-0.39, 0.29) is 12.5 Å². The van der Waals surface area contributed by atoms with E-state index in [0.717, 1.165) is 6.08 Å². The third-order valence-electron chi connectivity index (χ3n) is 2.52. The van der Waals surface area contributed by atoms with Crippen molar-refractivity contribution in [3.8, 4) is 11.5 Å². The topological polar surface area (TPSA) is 83.1 Å².